The molecule has 180 valence electrons. The number of fused-ring (bicyclic) bond motifs is 6. The van der Waals surface area contributed by atoms with Gasteiger partial charge in [0, 0.05) is 18.1 Å². The third kappa shape index (κ3) is 2.92. The van der Waals surface area contributed by atoms with Crippen LogP contribution < -0.4 is 5.32 Å². The number of anilines is 1. The molecule has 4 atom stereocenters. The van der Waals surface area contributed by atoms with Crippen LogP contribution in [0.2, 0.25) is 0 Å². The van der Waals surface area contributed by atoms with Gasteiger partial charge in [-0.05, 0) is 52.4 Å². The molecular formula is C30H21N3O3S. The first-order chi connectivity index (χ1) is 18.1. The molecule has 0 radical (unpaired) electrons. The number of rotatable bonds is 4. The third-order valence-corrected chi connectivity index (χ3v) is 8.69. The first kappa shape index (κ1) is 21.9. The lowest BCUT2D eigenvalue weighted by atomic mass is 9.63. The van der Waals surface area contributed by atoms with E-state index in [4.69, 9.17) is 0 Å². The summed E-state index contributed by atoms with van der Waals surface area (Å²) in [4.78, 5) is 49.7. The molecule has 7 rings (SSSR count). The van der Waals surface area contributed by atoms with Gasteiger partial charge in [-0.25, -0.2) is 0 Å². The minimum absolute atomic E-state index is 0.212. The number of thiophene rings is 1. The Morgan fingerprint density at radius 3 is 2.54 bits per heavy atom. The molecular weight excluding hydrogens is 482 g/mol. The lowest BCUT2D eigenvalue weighted by Gasteiger charge is -2.38. The van der Waals surface area contributed by atoms with E-state index in [2.05, 4.69) is 10.3 Å². The normalized spacial score (nSPS) is 24.9. The topological polar surface area (TPSA) is 79.4 Å². The molecule has 1 spiro atoms. The second-order valence-electron chi connectivity index (χ2n) is 9.51. The number of ketones is 2. The Morgan fingerprint density at radius 2 is 1.73 bits per heavy atom. The van der Waals surface area contributed by atoms with E-state index in [-0.39, 0.29) is 23.2 Å². The molecule has 1 saturated heterocycles. The summed E-state index contributed by atoms with van der Waals surface area (Å²) >= 11 is 1.33. The highest BCUT2D eigenvalue weighted by Crippen LogP contribution is 2.62. The fourth-order valence-corrected chi connectivity index (χ4v) is 7.10. The zero-order valence-corrected chi connectivity index (χ0v) is 20.4. The first-order valence-electron chi connectivity index (χ1n) is 12.1. The molecule has 3 aliphatic rings. The van der Waals surface area contributed by atoms with Crippen molar-refractivity contribution in [3.63, 3.8) is 0 Å². The van der Waals surface area contributed by atoms with Gasteiger partial charge in [-0.3, -0.25) is 19.4 Å². The van der Waals surface area contributed by atoms with E-state index in [9.17, 15) is 14.4 Å². The average molecular weight is 504 g/mol. The summed E-state index contributed by atoms with van der Waals surface area (Å²) in [5.41, 5.74) is 2.26. The second kappa shape index (κ2) is 8.08. The molecule has 7 heteroatoms. The molecule has 3 aliphatic heterocycles. The molecule has 5 heterocycles. The standard InChI is InChI=1S/C30H21N3O3S/c34-26(22-12-5-6-15-31-22)25-24(27(35)23-13-7-17-37-23)30(20-10-3-4-11-21(20)32-29(30)36)28-19-9-2-1-8-18(19)14-16-33(25)28/h1-17,24-25,28H,(H,32,36)/t24-,25-,28+,30+/m0/s1. The van der Waals surface area contributed by atoms with Gasteiger partial charge in [0.2, 0.25) is 11.7 Å². The van der Waals surface area contributed by atoms with Crippen molar-refractivity contribution in [2.45, 2.75) is 17.5 Å². The molecule has 0 unspecified atom stereocenters. The van der Waals surface area contributed by atoms with Crippen molar-refractivity contribution >= 4 is 40.6 Å². The van der Waals surface area contributed by atoms with Crippen LogP contribution in [0.4, 0.5) is 5.69 Å². The molecule has 1 amide bonds. The third-order valence-electron chi connectivity index (χ3n) is 7.80. The number of amides is 1. The van der Waals surface area contributed by atoms with Gasteiger partial charge in [-0.1, -0.05) is 54.6 Å². The molecule has 1 N–H and O–H groups in total. The maximum atomic E-state index is 14.4. The highest BCUT2D eigenvalue weighted by Gasteiger charge is 2.70. The summed E-state index contributed by atoms with van der Waals surface area (Å²) in [6.45, 7) is 0. The zero-order valence-electron chi connectivity index (χ0n) is 19.6. The molecule has 2 aromatic carbocycles. The monoisotopic (exact) mass is 503 g/mol. The van der Waals surface area contributed by atoms with Gasteiger partial charge in [0.1, 0.15) is 17.2 Å². The minimum Gasteiger partial charge on any atom is -0.358 e. The fourth-order valence-electron chi connectivity index (χ4n) is 6.40. The number of aromatic nitrogens is 1. The van der Waals surface area contributed by atoms with Gasteiger partial charge in [0.15, 0.2) is 5.78 Å². The van der Waals surface area contributed by atoms with Gasteiger partial charge < -0.3 is 10.2 Å². The number of Topliss-reactive ketones (excluding diaryl/α,β-unsaturated/α-hetero) is 2. The van der Waals surface area contributed by atoms with Crippen LogP contribution in [-0.4, -0.2) is 33.4 Å². The Labute approximate surface area is 217 Å². The largest absolute Gasteiger partial charge is 0.358 e. The predicted molar refractivity (Wildman–Crippen MR) is 141 cm³/mol. The summed E-state index contributed by atoms with van der Waals surface area (Å²) in [6.07, 6.45) is 5.40. The van der Waals surface area contributed by atoms with Gasteiger partial charge >= 0.3 is 0 Å². The lowest BCUT2D eigenvalue weighted by molar-refractivity contribution is -0.122. The Bertz CT molecular complexity index is 1600. The van der Waals surface area contributed by atoms with Crippen molar-refractivity contribution in [2.24, 2.45) is 5.92 Å². The van der Waals surface area contributed by atoms with E-state index < -0.39 is 23.4 Å². The van der Waals surface area contributed by atoms with E-state index in [1.165, 1.54) is 11.3 Å². The zero-order chi connectivity index (χ0) is 25.1. The minimum atomic E-state index is -1.31. The summed E-state index contributed by atoms with van der Waals surface area (Å²) < 4.78 is 0. The summed E-state index contributed by atoms with van der Waals surface area (Å²) in [5, 5.41) is 4.90. The number of nitrogens with one attached hydrogen (secondary N) is 1. The number of hydrogen-bond donors (Lipinski definition) is 1. The second-order valence-corrected chi connectivity index (χ2v) is 10.5. The molecule has 2 aromatic heterocycles. The summed E-state index contributed by atoms with van der Waals surface area (Å²) in [5.74, 6) is -1.72. The fraction of sp³-hybridized carbons (Fsp3) is 0.133. The Kier molecular flexibility index (Phi) is 4.78. The number of carbonyl (C=O) groups excluding carboxylic acids is 3. The summed E-state index contributed by atoms with van der Waals surface area (Å²) in [7, 11) is 0. The SMILES string of the molecule is O=C(c1ccccn1)[C@@H]1[C@@H](C(=O)c2cccs2)[C@@]2(C(=O)Nc3ccccc32)[C@H]2c3ccccc3C=CN12. The van der Waals surface area contributed by atoms with Crippen molar-refractivity contribution in [3.05, 3.63) is 124 Å². The quantitative estimate of drug-likeness (QED) is 0.391. The van der Waals surface area contributed by atoms with Crippen LogP contribution >= 0.6 is 11.3 Å². The van der Waals surface area contributed by atoms with Gasteiger partial charge in [0.25, 0.3) is 0 Å². The van der Waals surface area contributed by atoms with Crippen LogP contribution in [0.3, 0.4) is 0 Å². The average Bonchev–Trinajstić information content (AvgIpc) is 3.65. The Balaban J connectivity index is 1.55. The van der Waals surface area contributed by atoms with Crippen LogP contribution in [0.5, 0.6) is 0 Å². The van der Waals surface area contributed by atoms with Crippen molar-refractivity contribution in [1.82, 2.24) is 9.88 Å². The molecule has 0 aliphatic carbocycles. The van der Waals surface area contributed by atoms with Crippen LogP contribution in [-0.2, 0) is 10.2 Å². The molecule has 37 heavy (non-hydrogen) atoms. The number of pyridine rings is 1. The van der Waals surface area contributed by atoms with E-state index in [1.807, 2.05) is 77.2 Å². The number of para-hydroxylation sites is 1. The maximum absolute atomic E-state index is 14.4. The molecule has 0 saturated carbocycles. The smallest absolute Gasteiger partial charge is 0.238 e. The highest BCUT2D eigenvalue weighted by atomic mass is 32.1. The van der Waals surface area contributed by atoms with Crippen LogP contribution in [0, 0.1) is 5.92 Å². The van der Waals surface area contributed by atoms with E-state index >= 15 is 0 Å². The lowest BCUT2D eigenvalue weighted by Crippen LogP contribution is -2.49. The van der Waals surface area contributed by atoms with Crippen molar-refractivity contribution in [2.75, 3.05) is 5.32 Å². The van der Waals surface area contributed by atoms with Gasteiger partial charge in [-0.15, -0.1) is 11.3 Å². The number of hydrogen-bond acceptors (Lipinski definition) is 6. The molecule has 1 fully saturated rings. The van der Waals surface area contributed by atoms with Crippen LogP contribution in [0.25, 0.3) is 6.08 Å². The Morgan fingerprint density at radius 1 is 0.919 bits per heavy atom. The van der Waals surface area contributed by atoms with E-state index in [0.29, 0.717) is 10.6 Å². The first-order valence-corrected chi connectivity index (χ1v) is 13.0. The maximum Gasteiger partial charge on any atom is 0.238 e. The van der Waals surface area contributed by atoms with Crippen LogP contribution in [0.1, 0.15) is 42.9 Å². The molecule has 6 nitrogen and oxygen atoms in total. The highest BCUT2D eigenvalue weighted by molar-refractivity contribution is 7.12. The number of benzene rings is 2. The van der Waals surface area contributed by atoms with Crippen molar-refractivity contribution in [1.29, 1.82) is 0 Å². The van der Waals surface area contributed by atoms with Crippen LogP contribution in [0.15, 0.2) is 96.6 Å². The molecule has 4 aromatic rings. The van der Waals surface area contributed by atoms with Gasteiger partial charge in [0.05, 0.1) is 16.8 Å². The predicted octanol–water partition coefficient (Wildman–Crippen LogP) is 5.12. The van der Waals surface area contributed by atoms with Crippen molar-refractivity contribution in [3.8, 4) is 0 Å². The van der Waals surface area contributed by atoms with E-state index in [1.54, 1.807) is 30.5 Å². The summed E-state index contributed by atoms with van der Waals surface area (Å²) in [6, 6.07) is 22.7. The van der Waals surface area contributed by atoms with E-state index in [0.717, 1.165) is 16.7 Å². The molecule has 0 bridgehead atoms. The Hall–Kier alpha value is -4.36. The van der Waals surface area contributed by atoms with Crippen molar-refractivity contribution < 1.29 is 14.4 Å². The number of nitrogens with zero attached hydrogens (tertiary/aromatic N) is 2. The van der Waals surface area contributed by atoms with Gasteiger partial charge in [-0.2, -0.15) is 0 Å². The number of carbonyl (C=O) groups is 3.